The number of ketones is 1. The molecule has 0 unspecified atom stereocenters. The highest BCUT2D eigenvalue weighted by atomic mass is 16.5. The summed E-state index contributed by atoms with van der Waals surface area (Å²) >= 11 is 0. The molecule has 0 radical (unpaired) electrons. The number of hydrogen-bond donors (Lipinski definition) is 1. The van der Waals surface area contributed by atoms with Gasteiger partial charge < -0.3 is 10.1 Å². The summed E-state index contributed by atoms with van der Waals surface area (Å²) in [5.41, 5.74) is 5.46. The van der Waals surface area contributed by atoms with Crippen LogP contribution in [0.25, 0.3) is 5.69 Å². The van der Waals surface area contributed by atoms with E-state index in [2.05, 4.69) is 34.4 Å². The summed E-state index contributed by atoms with van der Waals surface area (Å²) in [4.78, 5) is 14.9. The molecule has 1 N–H and O–H groups in total. The Kier molecular flexibility index (Phi) is 7.90. The number of nitrogens with one attached hydrogen (secondary N) is 1. The van der Waals surface area contributed by atoms with E-state index in [0.717, 1.165) is 48.0 Å². The highest BCUT2D eigenvalue weighted by Gasteiger charge is 2.09. The van der Waals surface area contributed by atoms with E-state index in [1.807, 2.05) is 72.9 Å². The molecule has 0 saturated carbocycles. The second-order valence-electron chi connectivity index (χ2n) is 8.32. The van der Waals surface area contributed by atoms with Gasteiger partial charge in [-0.05, 0) is 67.2 Å². The van der Waals surface area contributed by atoms with Gasteiger partial charge in [-0.1, -0.05) is 43.3 Å². The maximum Gasteiger partial charge on any atom is 0.167 e. The fraction of sp³-hybridized carbons (Fsp3) is 0.250. The normalized spacial score (nSPS) is 11.0. The molecule has 0 saturated heterocycles. The molecule has 7 heteroatoms. The zero-order chi connectivity index (χ0) is 24.6. The number of anilines is 2. The van der Waals surface area contributed by atoms with Crippen LogP contribution in [0.2, 0.25) is 0 Å². The number of nitrogens with zero attached hydrogens (tertiary/aromatic N) is 4. The average Bonchev–Trinajstić information content (AvgIpc) is 3.37. The Morgan fingerprint density at radius 2 is 1.66 bits per heavy atom. The summed E-state index contributed by atoms with van der Waals surface area (Å²) in [6, 6.07) is 23.2. The van der Waals surface area contributed by atoms with E-state index in [-0.39, 0.29) is 5.78 Å². The highest BCUT2D eigenvalue weighted by Crippen LogP contribution is 2.20. The predicted molar refractivity (Wildman–Crippen MR) is 139 cm³/mol. The maximum absolute atomic E-state index is 12.6. The van der Waals surface area contributed by atoms with E-state index in [9.17, 15) is 4.79 Å². The van der Waals surface area contributed by atoms with Crippen LogP contribution in [-0.2, 0) is 13.0 Å². The molecule has 0 aliphatic carbocycles. The van der Waals surface area contributed by atoms with Gasteiger partial charge in [0.2, 0.25) is 0 Å². The lowest BCUT2D eigenvalue weighted by Crippen LogP contribution is -2.22. The third-order valence-electron chi connectivity index (χ3n) is 5.95. The monoisotopic (exact) mass is 469 g/mol. The molecule has 1 aromatic heterocycles. The highest BCUT2D eigenvalue weighted by molar-refractivity contribution is 5.97. The van der Waals surface area contributed by atoms with Gasteiger partial charge in [0.1, 0.15) is 5.75 Å². The molecule has 1 heterocycles. The maximum atomic E-state index is 12.6. The quantitative estimate of drug-likeness (QED) is 0.301. The van der Waals surface area contributed by atoms with Crippen LogP contribution in [0.1, 0.15) is 35.5 Å². The van der Waals surface area contributed by atoms with Crippen LogP contribution in [-0.4, -0.2) is 45.9 Å². The van der Waals surface area contributed by atoms with E-state index in [0.29, 0.717) is 17.7 Å². The van der Waals surface area contributed by atoms with Crippen molar-refractivity contribution in [3.8, 4) is 11.4 Å². The molecule has 7 nitrogen and oxygen atoms in total. The van der Waals surface area contributed by atoms with Crippen molar-refractivity contribution in [2.75, 3.05) is 25.5 Å². The summed E-state index contributed by atoms with van der Waals surface area (Å²) in [6.45, 7) is 7.07. The van der Waals surface area contributed by atoms with E-state index in [1.54, 1.807) is 17.9 Å². The summed E-state index contributed by atoms with van der Waals surface area (Å²) < 4.78 is 7.02. The number of carbonyl (C=O) groups is 1. The van der Waals surface area contributed by atoms with Gasteiger partial charge in [-0.15, -0.1) is 5.10 Å². The zero-order valence-corrected chi connectivity index (χ0v) is 20.4. The Balaban J connectivity index is 1.35. The predicted octanol–water partition coefficient (Wildman–Crippen LogP) is 5.29. The molecular formula is C28H31N5O2. The number of Topliss-reactive ketones (excluding diaryl/α,β-unsaturated/α-hetero) is 1. The Hall–Kier alpha value is -3.97. The van der Waals surface area contributed by atoms with Crippen molar-refractivity contribution in [3.63, 3.8) is 0 Å². The Morgan fingerprint density at radius 3 is 2.31 bits per heavy atom. The van der Waals surface area contributed by atoms with E-state index in [4.69, 9.17) is 4.74 Å². The molecule has 35 heavy (non-hydrogen) atoms. The second kappa shape index (κ2) is 11.4. The van der Waals surface area contributed by atoms with Crippen LogP contribution in [0.3, 0.4) is 0 Å². The van der Waals surface area contributed by atoms with Crippen LogP contribution in [0.5, 0.6) is 5.75 Å². The number of methoxy groups -OCH3 is 1. The molecule has 180 valence electrons. The topological polar surface area (TPSA) is 72.3 Å². The minimum Gasteiger partial charge on any atom is -0.497 e. The molecule has 0 spiro atoms. The average molecular weight is 470 g/mol. The van der Waals surface area contributed by atoms with Crippen molar-refractivity contribution >= 4 is 17.2 Å². The van der Waals surface area contributed by atoms with Gasteiger partial charge in [0.25, 0.3) is 0 Å². The third-order valence-corrected chi connectivity index (χ3v) is 5.95. The van der Waals surface area contributed by atoms with Crippen molar-refractivity contribution in [2.24, 2.45) is 0 Å². The van der Waals surface area contributed by atoms with Crippen LogP contribution < -0.4 is 10.1 Å². The molecule has 0 bridgehead atoms. The van der Waals surface area contributed by atoms with Gasteiger partial charge >= 0.3 is 0 Å². The van der Waals surface area contributed by atoms with Crippen molar-refractivity contribution in [1.29, 1.82) is 0 Å². The van der Waals surface area contributed by atoms with Crippen LogP contribution in [0.15, 0.2) is 79.0 Å². The van der Waals surface area contributed by atoms with E-state index < -0.39 is 0 Å². The molecule has 0 amide bonds. The standard InChI is InChI=1S/C28H31N5O2/c1-4-32(5-2)19-25-20-33(31-30-25)26-15-13-24(14-16-26)29-23-11-9-21(10-12-23)17-28(34)22-7-6-8-27(18-22)35-3/h6-16,18,20,29H,4-5,17,19H2,1-3H3. The smallest absolute Gasteiger partial charge is 0.167 e. The first-order valence-electron chi connectivity index (χ1n) is 11.8. The summed E-state index contributed by atoms with van der Waals surface area (Å²) in [7, 11) is 1.60. The summed E-state index contributed by atoms with van der Waals surface area (Å²) in [5.74, 6) is 0.749. The number of ether oxygens (including phenoxy) is 1. The Bertz CT molecular complexity index is 1250. The van der Waals surface area contributed by atoms with Gasteiger partial charge in [0.15, 0.2) is 5.78 Å². The number of aromatic nitrogens is 3. The number of rotatable bonds is 11. The Morgan fingerprint density at radius 1 is 0.971 bits per heavy atom. The fourth-order valence-corrected chi connectivity index (χ4v) is 3.83. The van der Waals surface area contributed by atoms with Gasteiger partial charge in [0.05, 0.1) is 24.7 Å². The molecule has 0 fully saturated rings. The molecule has 4 rings (SSSR count). The summed E-state index contributed by atoms with van der Waals surface area (Å²) in [6.07, 6.45) is 2.32. The fourth-order valence-electron chi connectivity index (χ4n) is 3.83. The van der Waals surface area contributed by atoms with Crippen LogP contribution in [0.4, 0.5) is 11.4 Å². The van der Waals surface area contributed by atoms with Gasteiger partial charge in [0, 0.05) is 29.9 Å². The molecule has 0 atom stereocenters. The number of benzene rings is 3. The number of carbonyl (C=O) groups excluding carboxylic acids is 1. The van der Waals surface area contributed by atoms with Crippen molar-refractivity contribution in [1.82, 2.24) is 19.9 Å². The molecule has 4 aromatic rings. The van der Waals surface area contributed by atoms with Crippen molar-refractivity contribution in [3.05, 3.63) is 95.8 Å². The first-order chi connectivity index (χ1) is 17.1. The lowest BCUT2D eigenvalue weighted by atomic mass is 10.0. The van der Waals surface area contributed by atoms with E-state index in [1.165, 1.54) is 0 Å². The van der Waals surface area contributed by atoms with Crippen molar-refractivity contribution < 1.29 is 9.53 Å². The minimum absolute atomic E-state index is 0.0635. The Labute approximate surface area is 206 Å². The third kappa shape index (κ3) is 6.33. The van der Waals surface area contributed by atoms with Gasteiger partial charge in [-0.3, -0.25) is 9.69 Å². The van der Waals surface area contributed by atoms with Gasteiger partial charge in [-0.2, -0.15) is 0 Å². The minimum atomic E-state index is 0.0635. The first-order valence-corrected chi connectivity index (χ1v) is 11.8. The van der Waals surface area contributed by atoms with E-state index >= 15 is 0 Å². The van der Waals surface area contributed by atoms with Crippen LogP contribution >= 0.6 is 0 Å². The molecule has 0 aliphatic heterocycles. The van der Waals surface area contributed by atoms with Crippen molar-refractivity contribution in [2.45, 2.75) is 26.8 Å². The summed E-state index contributed by atoms with van der Waals surface area (Å²) in [5, 5.41) is 12.0. The van der Waals surface area contributed by atoms with Crippen LogP contribution in [0, 0.1) is 0 Å². The molecular weight excluding hydrogens is 438 g/mol. The largest absolute Gasteiger partial charge is 0.497 e. The SMILES string of the molecule is CCN(CC)Cc1cn(-c2ccc(Nc3ccc(CC(=O)c4cccc(OC)c4)cc3)cc2)nn1. The van der Waals surface area contributed by atoms with Gasteiger partial charge in [-0.25, -0.2) is 4.68 Å². The molecule has 0 aliphatic rings. The first kappa shape index (κ1) is 24.2. The zero-order valence-electron chi connectivity index (χ0n) is 20.4. The second-order valence-corrected chi connectivity index (χ2v) is 8.32. The lowest BCUT2D eigenvalue weighted by molar-refractivity contribution is 0.0992. The number of hydrogen-bond acceptors (Lipinski definition) is 6. The molecule has 3 aromatic carbocycles. The lowest BCUT2D eigenvalue weighted by Gasteiger charge is -2.15.